The third-order valence-electron chi connectivity index (χ3n) is 4.60. The van der Waals surface area contributed by atoms with Gasteiger partial charge in [0, 0.05) is 19.3 Å². The Morgan fingerprint density at radius 3 is 2.70 bits per heavy atom. The van der Waals surface area contributed by atoms with E-state index in [1.165, 1.54) is 12.1 Å². The summed E-state index contributed by atoms with van der Waals surface area (Å²) in [6, 6.07) is 13.0. The minimum Gasteiger partial charge on any atom is -0.370 e. The number of aromatic nitrogens is 2. The number of alkyl halides is 3. The maximum atomic E-state index is 13.4. The summed E-state index contributed by atoms with van der Waals surface area (Å²) >= 11 is 0. The Balaban J connectivity index is 1.70. The van der Waals surface area contributed by atoms with Crippen molar-refractivity contribution in [1.82, 2.24) is 9.38 Å². The first-order valence-electron chi connectivity index (χ1n) is 8.39. The maximum absolute atomic E-state index is 13.4. The summed E-state index contributed by atoms with van der Waals surface area (Å²) in [5.41, 5.74) is 0.363. The van der Waals surface area contributed by atoms with Crippen molar-refractivity contribution in [2.24, 2.45) is 0 Å². The first-order chi connectivity index (χ1) is 13.0. The lowest BCUT2D eigenvalue weighted by Crippen LogP contribution is -2.39. The smallest absolute Gasteiger partial charge is 0.370 e. The standard InChI is InChI=1S/C19H15F3N4O/c20-19(21,22)14-6-2-1-5-13(14)16-12-25(9-10-27-16)18-15(11-23)26-8-4-3-7-17(26)24-18/h1-8,16H,9-10,12H2. The van der Waals surface area contributed by atoms with E-state index in [-0.39, 0.29) is 18.7 Å². The highest BCUT2D eigenvalue weighted by Crippen LogP contribution is 2.37. The number of hydrogen-bond donors (Lipinski definition) is 0. The van der Waals surface area contributed by atoms with Crippen molar-refractivity contribution in [3.05, 3.63) is 65.5 Å². The molecule has 1 aromatic carbocycles. The van der Waals surface area contributed by atoms with Gasteiger partial charge >= 0.3 is 6.18 Å². The van der Waals surface area contributed by atoms with Crippen molar-refractivity contribution in [2.45, 2.75) is 12.3 Å². The van der Waals surface area contributed by atoms with E-state index >= 15 is 0 Å². The number of morpholine rings is 1. The van der Waals surface area contributed by atoms with Crippen molar-refractivity contribution in [3.63, 3.8) is 0 Å². The van der Waals surface area contributed by atoms with Crippen LogP contribution in [-0.4, -0.2) is 29.1 Å². The molecule has 0 radical (unpaired) electrons. The lowest BCUT2D eigenvalue weighted by atomic mass is 10.0. The Kier molecular flexibility index (Phi) is 4.24. The van der Waals surface area contributed by atoms with Crippen LogP contribution in [0, 0.1) is 11.3 Å². The Morgan fingerprint density at radius 2 is 1.93 bits per heavy atom. The zero-order chi connectivity index (χ0) is 19.0. The number of ether oxygens (including phenoxy) is 1. The van der Waals surface area contributed by atoms with Crippen molar-refractivity contribution in [1.29, 1.82) is 5.26 Å². The predicted octanol–water partition coefficient (Wildman–Crippen LogP) is 3.80. The third kappa shape index (κ3) is 3.11. The highest BCUT2D eigenvalue weighted by molar-refractivity contribution is 5.60. The molecule has 1 unspecified atom stereocenters. The number of nitrogens with zero attached hydrogens (tertiary/aromatic N) is 4. The van der Waals surface area contributed by atoms with Gasteiger partial charge < -0.3 is 9.64 Å². The van der Waals surface area contributed by atoms with Crippen molar-refractivity contribution in [3.8, 4) is 6.07 Å². The topological polar surface area (TPSA) is 53.6 Å². The number of nitriles is 1. The molecule has 0 spiro atoms. The van der Waals surface area contributed by atoms with E-state index in [2.05, 4.69) is 11.1 Å². The molecule has 8 heteroatoms. The van der Waals surface area contributed by atoms with Gasteiger partial charge in [0.25, 0.3) is 0 Å². The molecule has 3 heterocycles. The molecule has 5 nitrogen and oxygen atoms in total. The van der Waals surface area contributed by atoms with Gasteiger partial charge in [-0.2, -0.15) is 18.4 Å². The second-order valence-electron chi connectivity index (χ2n) is 6.22. The number of rotatable bonds is 2. The van der Waals surface area contributed by atoms with Gasteiger partial charge in [-0.05, 0) is 23.8 Å². The average molecular weight is 372 g/mol. The summed E-state index contributed by atoms with van der Waals surface area (Å²) in [7, 11) is 0. The summed E-state index contributed by atoms with van der Waals surface area (Å²) < 4.78 is 47.4. The fraction of sp³-hybridized carbons (Fsp3) is 0.263. The normalized spacial score (nSPS) is 17.9. The number of fused-ring (bicyclic) bond motifs is 1. The fourth-order valence-electron chi connectivity index (χ4n) is 3.37. The number of benzene rings is 1. The molecule has 0 N–H and O–H groups in total. The van der Waals surface area contributed by atoms with Crippen LogP contribution in [0.1, 0.15) is 22.9 Å². The Labute approximate surface area is 153 Å². The van der Waals surface area contributed by atoms with Crippen LogP contribution in [0.5, 0.6) is 0 Å². The lowest BCUT2D eigenvalue weighted by molar-refractivity contribution is -0.139. The first kappa shape index (κ1) is 17.4. The summed E-state index contributed by atoms with van der Waals surface area (Å²) in [5, 5.41) is 9.55. The Bertz CT molecular complexity index is 1020. The quantitative estimate of drug-likeness (QED) is 0.687. The minimum absolute atomic E-state index is 0.0944. The van der Waals surface area contributed by atoms with Crippen LogP contribution in [0.4, 0.5) is 19.0 Å². The SMILES string of the molecule is N#Cc1c(N2CCOC(c3ccccc3C(F)(F)F)C2)nc2ccccn12. The molecule has 0 aliphatic carbocycles. The lowest BCUT2D eigenvalue weighted by Gasteiger charge is -2.34. The van der Waals surface area contributed by atoms with Crippen LogP contribution in [0.25, 0.3) is 5.65 Å². The molecule has 0 amide bonds. The van der Waals surface area contributed by atoms with E-state index in [0.29, 0.717) is 23.7 Å². The van der Waals surface area contributed by atoms with Crippen LogP contribution in [-0.2, 0) is 10.9 Å². The van der Waals surface area contributed by atoms with Gasteiger partial charge in [-0.1, -0.05) is 24.3 Å². The summed E-state index contributed by atoms with van der Waals surface area (Å²) in [6.07, 6.45) is -3.47. The van der Waals surface area contributed by atoms with Gasteiger partial charge in [-0.3, -0.25) is 4.40 Å². The van der Waals surface area contributed by atoms with Crippen molar-refractivity contribution in [2.75, 3.05) is 24.6 Å². The summed E-state index contributed by atoms with van der Waals surface area (Å²) in [5.74, 6) is 0.460. The molecule has 2 aromatic heterocycles. The fourth-order valence-corrected chi connectivity index (χ4v) is 3.37. The van der Waals surface area contributed by atoms with Crippen LogP contribution >= 0.6 is 0 Å². The number of anilines is 1. The largest absolute Gasteiger partial charge is 0.416 e. The number of pyridine rings is 1. The molecule has 138 valence electrons. The Hall–Kier alpha value is -3.05. The van der Waals surface area contributed by atoms with Gasteiger partial charge in [0.1, 0.15) is 17.8 Å². The Morgan fingerprint density at radius 1 is 1.15 bits per heavy atom. The highest BCUT2D eigenvalue weighted by Gasteiger charge is 2.37. The molecule has 1 aliphatic rings. The van der Waals surface area contributed by atoms with Gasteiger partial charge in [0.2, 0.25) is 0 Å². The minimum atomic E-state index is -4.46. The number of imidazole rings is 1. The molecule has 0 saturated carbocycles. The van der Waals surface area contributed by atoms with Gasteiger partial charge in [0.05, 0.1) is 12.2 Å². The van der Waals surface area contributed by atoms with E-state index in [9.17, 15) is 18.4 Å². The molecule has 1 aliphatic heterocycles. The second kappa shape index (κ2) is 6.59. The van der Waals surface area contributed by atoms with Crippen molar-refractivity contribution >= 4 is 11.5 Å². The van der Waals surface area contributed by atoms with Gasteiger partial charge in [-0.25, -0.2) is 4.98 Å². The van der Waals surface area contributed by atoms with Crippen LogP contribution in [0.2, 0.25) is 0 Å². The summed E-state index contributed by atoms with van der Waals surface area (Å²) in [4.78, 5) is 6.31. The molecular formula is C19H15F3N4O. The molecule has 0 bridgehead atoms. The molecule has 3 aromatic rings. The predicted molar refractivity (Wildman–Crippen MR) is 92.3 cm³/mol. The molecule has 4 rings (SSSR count). The van der Waals surface area contributed by atoms with Crippen LogP contribution < -0.4 is 4.90 Å². The second-order valence-corrected chi connectivity index (χ2v) is 6.22. The van der Waals surface area contributed by atoms with Crippen molar-refractivity contribution < 1.29 is 17.9 Å². The number of hydrogen-bond acceptors (Lipinski definition) is 4. The van der Waals surface area contributed by atoms with E-state index in [4.69, 9.17) is 4.74 Å². The molecule has 1 atom stereocenters. The van der Waals surface area contributed by atoms with Crippen LogP contribution in [0.15, 0.2) is 48.7 Å². The zero-order valence-electron chi connectivity index (χ0n) is 14.1. The van der Waals surface area contributed by atoms with E-state index in [0.717, 1.165) is 6.07 Å². The molecule has 27 heavy (non-hydrogen) atoms. The number of halogens is 3. The zero-order valence-corrected chi connectivity index (χ0v) is 14.1. The highest BCUT2D eigenvalue weighted by atomic mass is 19.4. The van der Waals surface area contributed by atoms with E-state index < -0.39 is 17.8 Å². The van der Waals surface area contributed by atoms with E-state index in [1.54, 1.807) is 28.8 Å². The maximum Gasteiger partial charge on any atom is 0.416 e. The van der Waals surface area contributed by atoms with Crippen LogP contribution in [0.3, 0.4) is 0 Å². The third-order valence-corrected chi connectivity index (χ3v) is 4.60. The average Bonchev–Trinajstić information content (AvgIpc) is 3.06. The molecule has 1 fully saturated rings. The first-order valence-corrected chi connectivity index (χ1v) is 8.39. The monoisotopic (exact) mass is 372 g/mol. The van der Waals surface area contributed by atoms with Gasteiger partial charge in [0.15, 0.2) is 11.5 Å². The molecular weight excluding hydrogens is 357 g/mol. The van der Waals surface area contributed by atoms with E-state index in [1.807, 2.05) is 11.0 Å². The molecule has 1 saturated heterocycles. The van der Waals surface area contributed by atoms with Gasteiger partial charge in [-0.15, -0.1) is 0 Å². The summed E-state index contributed by atoms with van der Waals surface area (Å²) in [6.45, 7) is 0.879.